The van der Waals surface area contributed by atoms with Gasteiger partial charge in [-0.15, -0.1) is 0 Å². The minimum absolute atomic E-state index is 0.684. The molecule has 0 aromatic heterocycles. The fourth-order valence-corrected chi connectivity index (χ4v) is 0.536. The summed E-state index contributed by atoms with van der Waals surface area (Å²) in [5, 5.41) is 0. The molecule has 0 unspecified atom stereocenters. The summed E-state index contributed by atoms with van der Waals surface area (Å²) in [7, 11) is 0. The van der Waals surface area contributed by atoms with E-state index < -0.39 is 0 Å². The maximum Gasteiger partial charge on any atom is 0.0106 e. The van der Waals surface area contributed by atoms with Crippen molar-refractivity contribution in [2.24, 2.45) is 5.73 Å². The predicted octanol–water partition coefficient (Wildman–Crippen LogP) is 1.69. The first-order valence-electron chi connectivity index (χ1n) is 3.27. The number of rotatable bonds is 4. The fraction of sp³-hybridized carbons (Fsp3) is 0.714. The van der Waals surface area contributed by atoms with E-state index in [0.717, 1.165) is 0 Å². The summed E-state index contributed by atoms with van der Waals surface area (Å²) in [6.07, 6.45) is 7.90. The van der Waals surface area contributed by atoms with Crippen molar-refractivity contribution in [1.82, 2.24) is 0 Å². The van der Waals surface area contributed by atoms with Gasteiger partial charge in [0.05, 0.1) is 0 Å². The van der Waals surface area contributed by atoms with Gasteiger partial charge in [0, 0.05) is 6.54 Å². The van der Waals surface area contributed by atoms with E-state index in [1.54, 1.807) is 0 Å². The van der Waals surface area contributed by atoms with Crippen LogP contribution in [0.15, 0.2) is 12.2 Å². The molecule has 2 N–H and O–H groups in total. The highest BCUT2D eigenvalue weighted by molar-refractivity contribution is 4.81. The first-order valence-corrected chi connectivity index (χ1v) is 3.27. The predicted molar refractivity (Wildman–Crippen MR) is 37.7 cm³/mol. The standard InChI is InChI=1S/C7H15N/c1-2-3-4-5-6-7-8/h5-6H,2-4,7-8H2,1H3. The van der Waals surface area contributed by atoms with E-state index in [1.807, 2.05) is 6.08 Å². The zero-order valence-electron chi connectivity index (χ0n) is 5.56. The molecule has 0 aliphatic rings. The highest BCUT2D eigenvalue weighted by Gasteiger charge is 1.74. The zero-order valence-corrected chi connectivity index (χ0v) is 5.56. The topological polar surface area (TPSA) is 26.0 Å². The van der Waals surface area contributed by atoms with Crippen LogP contribution < -0.4 is 5.73 Å². The number of hydrogen-bond donors (Lipinski definition) is 1. The lowest BCUT2D eigenvalue weighted by atomic mass is 10.2. The van der Waals surface area contributed by atoms with Gasteiger partial charge in [-0.3, -0.25) is 0 Å². The summed E-state index contributed by atoms with van der Waals surface area (Å²) in [6.45, 7) is 2.88. The van der Waals surface area contributed by atoms with Crippen LogP contribution in [0, 0.1) is 0 Å². The molecular weight excluding hydrogens is 98.1 g/mol. The molecular formula is C7H15N. The Bertz CT molecular complexity index is 57.4. The Hall–Kier alpha value is -0.300. The van der Waals surface area contributed by atoms with E-state index in [9.17, 15) is 0 Å². The smallest absolute Gasteiger partial charge is 0.0106 e. The molecule has 0 atom stereocenters. The molecule has 48 valence electrons. The third-order valence-electron chi connectivity index (χ3n) is 1.03. The lowest BCUT2D eigenvalue weighted by molar-refractivity contribution is 0.813. The van der Waals surface area contributed by atoms with Crippen molar-refractivity contribution in [2.45, 2.75) is 26.2 Å². The largest absolute Gasteiger partial charge is 0.327 e. The molecule has 0 saturated carbocycles. The lowest BCUT2D eigenvalue weighted by Gasteiger charge is -1.85. The quantitative estimate of drug-likeness (QED) is 0.435. The molecule has 0 saturated heterocycles. The maximum absolute atomic E-state index is 5.22. The molecule has 0 radical (unpaired) electrons. The molecule has 0 heterocycles. The maximum atomic E-state index is 5.22. The van der Waals surface area contributed by atoms with Crippen LogP contribution >= 0.6 is 0 Å². The Morgan fingerprint density at radius 2 is 2.12 bits per heavy atom. The van der Waals surface area contributed by atoms with Crippen molar-refractivity contribution in [3.05, 3.63) is 12.2 Å². The summed E-state index contributed by atoms with van der Waals surface area (Å²) in [4.78, 5) is 0. The van der Waals surface area contributed by atoms with Gasteiger partial charge in [0.2, 0.25) is 0 Å². The van der Waals surface area contributed by atoms with Crippen LogP contribution in [0.25, 0.3) is 0 Å². The van der Waals surface area contributed by atoms with Gasteiger partial charge in [0.25, 0.3) is 0 Å². The minimum atomic E-state index is 0.684. The van der Waals surface area contributed by atoms with Gasteiger partial charge in [-0.1, -0.05) is 31.9 Å². The molecule has 0 bridgehead atoms. The number of nitrogens with two attached hydrogens (primary N) is 1. The SMILES string of the molecule is CCCCC=CCN. The van der Waals surface area contributed by atoms with Gasteiger partial charge in [-0.05, 0) is 6.42 Å². The summed E-state index contributed by atoms with van der Waals surface area (Å²) >= 11 is 0. The van der Waals surface area contributed by atoms with E-state index in [1.165, 1.54) is 19.3 Å². The van der Waals surface area contributed by atoms with Crippen LogP contribution in [0.3, 0.4) is 0 Å². The van der Waals surface area contributed by atoms with Gasteiger partial charge >= 0.3 is 0 Å². The van der Waals surface area contributed by atoms with Crippen molar-refractivity contribution in [2.75, 3.05) is 6.54 Å². The van der Waals surface area contributed by atoms with Crippen LogP contribution in [0.2, 0.25) is 0 Å². The van der Waals surface area contributed by atoms with Gasteiger partial charge in [-0.2, -0.15) is 0 Å². The molecule has 1 nitrogen and oxygen atoms in total. The summed E-state index contributed by atoms with van der Waals surface area (Å²) in [5.41, 5.74) is 5.22. The summed E-state index contributed by atoms with van der Waals surface area (Å²) in [5.74, 6) is 0. The molecule has 0 amide bonds. The number of hydrogen-bond acceptors (Lipinski definition) is 1. The lowest BCUT2D eigenvalue weighted by Crippen LogP contribution is -1.91. The van der Waals surface area contributed by atoms with Crippen LogP contribution in [0.1, 0.15) is 26.2 Å². The molecule has 0 aromatic rings. The number of unbranched alkanes of at least 4 members (excludes halogenated alkanes) is 2. The van der Waals surface area contributed by atoms with Crippen LogP contribution in [-0.4, -0.2) is 6.54 Å². The second-order valence-corrected chi connectivity index (χ2v) is 1.85. The van der Waals surface area contributed by atoms with E-state index >= 15 is 0 Å². The van der Waals surface area contributed by atoms with Crippen LogP contribution in [0.4, 0.5) is 0 Å². The molecule has 0 rings (SSSR count). The average Bonchev–Trinajstić information content (AvgIpc) is 1.81. The molecule has 0 aromatic carbocycles. The monoisotopic (exact) mass is 113 g/mol. The first-order chi connectivity index (χ1) is 3.91. The minimum Gasteiger partial charge on any atom is -0.327 e. The van der Waals surface area contributed by atoms with E-state index in [0.29, 0.717) is 6.54 Å². The Labute approximate surface area is 51.6 Å². The van der Waals surface area contributed by atoms with Gasteiger partial charge < -0.3 is 5.73 Å². The molecule has 0 aliphatic heterocycles. The van der Waals surface area contributed by atoms with Crippen molar-refractivity contribution >= 4 is 0 Å². The fourth-order valence-electron chi connectivity index (χ4n) is 0.536. The highest BCUT2D eigenvalue weighted by Crippen LogP contribution is 1.93. The molecule has 8 heavy (non-hydrogen) atoms. The summed E-state index contributed by atoms with van der Waals surface area (Å²) in [6, 6.07) is 0. The first kappa shape index (κ1) is 7.70. The molecule has 0 aliphatic carbocycles. The Morgan fingerprint density at radius 3 is 2.62 bits per heavy atom. The van der Waals surface area contributed by atoms with Gasteiger partial charge in [-0.25, -0.2) is 0 Å². The third-order valence-corrected chi connectivity index (χ3v) is 1.03. The van der Waals surface area contributed by atoms with Crippen molar-refractivity contribution < 1.29 is 0 Å². The number of allylic oxidation sites excluding steroid dienone is 1. The molecule has 0 fully saturated rings. The average molecular weight is 113 g/mol. The highest BCUT2D eigenvalue weighted by atomic mass is 14.5. The Kier molecular flexibility index (Phi) is 6.45. The van der Waals surface area contributed by atoms with Crippen LogP contribution in [-0.2, 0) is 0 Å². The normalized spacial score (nSPS) is 10.8. The molecule has 0 spiro atoms. The zero-order chi connectivity index (χ0) is 6.24. The molecule has 1 heteroatoms. The van der Waals surface area contributed by atoms with E-state index in [4.69, 9.17) is 5.73 Å². The van der Waals surface area contributed by atoms with Crippen molar-refractivity contribution in [3.8, 4) is 0 Å². The second-order valence-electron chi connectivity index (χ2n) is 1.85. The van der Waals surface area contributed by atoms with Crippen LogP contribution in [0.5, 0.6) is 0 Å². The third kappa shape index (κ3) is 5.70. The Morgan fingerprint density at radius 1 is 1.38 bits per heavy atom. The second kappa shape index (κ2) is 6.70. The van der Waals surface area contributed by atoms with Crippen molar-refractivity contribution in [3.63, 3.8) is 0 Å². The Balaban J connectivity index is 2.80. The van der Waals surface area contributed by atoms with Gasteiger partial charge in [0.15, 0.2) is 0 Å². The summed E-state index contributed by atoms with van der Waals surface area (Å²) < 4.78 is 0. The van der Waals surface area contributed by atoms with E-state index in [-0.39, 0.29) is 0 Å². The van der Waals surface area contributed by atoms with E-state index in [2.05, 4.69) is 13.0 Å². The van der Waals surface area contributed by atoms with Crippen molar-refractivity contribution in [1.29, 1.82) is 0 Å². The van der Waals surface area contributed by atoms with Gasteiger partial charge in [0.1, 0.15) is 0 Å².